The maximum absolute atomic E-state index is 14.0. The Morgan fingerprint density at radius 1 is 1.10 bits per heavy atom. The van der Waals surface area contributed by atoms with Crippen molar-refractivity contribution in [3.63, 3.8) is 0 Å². The number of nitrogens with one attached hydrogen (secondary N) is 1. The second-order valence-corrected chi connectivity index (χ2v) is 7.10. The maximum Gasteiger partial charge on any atom is 0.419 e. The Morgan fingerprint density at radius 2 is 1.86 bits per heavy atom. The molecule has 1 N–H and O–H groups in total. The van der Waals surface area contributed by atoms with Gasteiger partial charge in [-0.2, -0.15) is 0 Å². The number of anilines is 1. The number of aromatic nitrogens is 1. The summed E-state index contributed by atoms with van der Waals surface area (Å²) in [5.74, 6) is -1.16. The Bertz CT molecular complexity index is 1270. The van der Waals surface area contributed by atoms with Crippen LogP contribution in [0.5, 0.6) is 0 Å². The molecule has 0 bridgehead atoms. The number of halogens is 1. The highest BCUT2D eigenvalue weighted by molar-refractivity contribution is 6.13. The quantitative estimate of drug-likeness (QED) is 0.561. The van der Waals surface area contributed by atoms with Crippen molar-refractivity contribution in [3.05, 3.63) is 76.5 Å². The third kappa shape index (κ3) is 3.64. The second kappa shape index (κ2) is 7.52. The number of fused-ring (bicyclic) bond motifs is 2. The number of hydrogen-bond acceptors (Lipinski definition) is 4. The SMILES string of the molecule is CN(C)CCn1c(=O)oc2ccc(NC(=O)c3ccc(F)c4ccccc34)cc21. The van der Waals surface area contributed by atoms with E-state index >= 15 is 0 Å². The van der Waals surface area contributed by atoms with Gasteiger partial charge in [-0.25, -0.2) is 9.18 Å². The average molecular weight is 393 g/mol. The number of hydrogen-bond donors (Lipinski definition) is 1. The summed E-state index contributed by atoms with van der Waals surface area (Å²) in [6.45, 7) is 1.14. The number of carbonyl (C=O) groups is 1. The van der Waals surface area contributed by atoms with Crippen LogP contribution in [0, 0.1) is 5.82 Å². The first-order valence-electron chi connectivity index (χ1n) is 9.21. The van der Waals surface area contributed by atoms with Crippen LogP contribution in [0.1, 0.15) is 10.4 Å². The zero-order chi connectivity index (χ0) is 20.5. The summed E-state index contributed by atoms with van der Waals surface area (Å²) in [7, 11) is 3.85. The molecule has 0 saturated heterocycles. The van der Waals surface area contributed by atoms with E-state index < -0.39 is 5.76 Å². The van der Waals surface area contributed by atoms with Crippen molar-refractivity contribution in [1.29, 1.82) is 0 Å². The molecule has 0 saturated carbocycles. The van der Waals surface area contributed by atoms with Crippen molar-refractivity contribution in [3.8, 4) is 0 Å². The minimum absolute atomic E-state index is 0.355. The van der Waals surface area contributed by atoms with E-state index in [1.165, 1.54) is 16.7 Å². The van der Waals surface area contributed by atoms with Crippen molar-refractivity contribution >= 4 is 33.5 Å². The number of carbonyl (C=O) groups excluding carboxylic acids is 1. The molecule has 3 aromatic carbocycles. The Balaban J connectivity index is 1.68. The molecule has 1 aromatic heterocycles. The third-order valence-corrected chi connectivity index (χ3v) is 4.81. The van der Waals surface area contributed by atoms with Gasteiger partial charge in [-0.3, -0.25) is 9.36 Å². The van der Waals surface area contributed by atoms with Gasteiger partial charge >= 0.3 is 5.76 Å². The van der Waals surface area contributed by atoms with E-state index in [1.54, 1.807) is 42.5 Å². The van der Waals surface area contributed by atoms with E-state index in [-0.39, 0.29) is 11.7 Å². The summed E-state index contributed by atoms with van der Waals surface area (Å²) < 4.78 is 20.9. The number of amides is 1. The van der Waals surface area contributed by atoms with Crippen molar-refractivity contribution in [2.75, 3.05) is 26.0 Å². The van der Waals surface area contributed by atoms with E-state index in [2.05, 4.69) is 5.32 Å². The van der Waals surface area contributed by atoms with Crippen LogP contribution < -0.4 is 11.1 Å². The molecule has 0 unspecified atom stereocenters. The fourth-order valence-electron chi connectivity index (χ4n) is 3.31. The predicted molar refractivity (Wildman–Crippen MR) is 111 cm³/mol. The minimum atomic E-state index is -0.435. The highest BCUT2D eigenvalue weighted by Gasteiger charge is 2.15. The molecular formula is C22H20FN3O3. The molecule has 4 rings (SSSR count). The lowest BCUT2D eigenvalue weighted by molar-refractivity contribution is 0.102. The van der Waals surface area contributed by atoms with Crippen molar-refractivity contribution in [1.82, 2.24) is 9.47 Å². The summed E-state index contributed by atoms with van der Waals surface area (Å²) in [4.78, 5) is 27.0. The predicted octanol–water partition coefficient (Wildman–Crippen LogP) is 3.70. The van der Waals surface area contributed by atoms with Crippen molar-refractivity contribution in [2.45, 2.75) is 6.54 Å². The van der Waals surface area contributed by atoms with Gasteiger partial charge in [0.1, 0.15) is 5.82 Å². The summed E-state index contributed by atoms with van der Waals surface area (Å²) in [6.07, 6.45) is 0. The minimum Gasteiger partial charge on any atom is -0.408 e. The summed E-state index contributed by atoms with van der Waals surface area (Å²) in [5.41, 5.74) is 1.96. The fraction of sp³-hybridized carbons (Fsp3) is 0.182. The van der Waals surface area contributed by atoms with Gasteiger partial charge in [-0.15, -0.1) is 0 Å². The number of benzene rings is 3. The summed E-state index contributed by atoms with van der Waals surface area (Å²) in [5, 5.41) is 3.77. The maximum atomic E-state index is 14.0. The molecule has 1 amide bonds. The molecule has 0 atom stereocenters. The van der Waals surface area contributed by atoms with E-state index in [0.29, 0.717) is 46.2 Å². The standard InChI is InChI=1S/C22H20FN3O3/c1-25(2)11-12-26-19-13-14(7-10-20(19)29-22(26)28)24-21(27)17-8-9-18(23)16-6-4-3-5-15(16)17/h3-10,13H,11-12H2,1-2H3,(H,24,27). The fourth-order valence-corrected chi connectivity index (χ4v) is 3.31. The van der Waals surface area contributed by atoms with Crippen LogP contribution in [0.4, 0.5) is 10.1 Å². The molecule has 0 spiro atoms. The van der Waals surface area contributed by atoms with Crippen molar-refractivity contribution < 1.29 is 13.6 Å². The first-order chi connectivity index (χ1) is 13.9. The average Bonchev–Trinajstić information content (AvgIpc) is 3.01. The molecule has 0 radical (unpaired) electrons. The third-order valence-electron chi connectivity index (χ3n) is 4.81. The van der Waals surface area contributed by atoms with Gasteiger partial charge in [0, 0.05) is 29.7 Å². The van der Waals surface area contributed by atoms with Crippen LogP contribution in [0.15, 0.2) is 63.8 Å². The number of rotatable bonds is 5. The van der Waals surface area contributed by atoms with Crippen LogP contribution in [-0.4, -0.2) is 36.0 Å². The largest absolute Gasteiger partial charge is 0.419 e. The Hall–Kier alpha value is -3.45. The Labute approximate surface area is 166 Å². The molecule has 148 valence electrons. The molecule has 29 heavy (non-hydrogen) atoms. The monoisotopic (exact) mass is 393 g/mol. The molecule has 1 heterocycles. The van der Waals surface area contributed by atoms with E-state index in [4.69, 9.17) is 4.42 Å². The van der Waals surface area contributed by atoms with Gasteiger partial charge in [-0.05, 0) is 49.8 Å². The molecule has 6 nitrogen and oxygen atoms in total. The van der Waals surface area contributed by atoms with E-state index in [1.807, 2.05) is 19.0 Å². The highest BCUT2D eigenvalue weighted by atomic mass is 19.1. The van der Waals surface area contributed by atoms with Gasteiger partial charge in [0.2, 0.25) is 0 Å². The van der Waals surface area contributed by atoms with E-state index in [0.717, 1.165) is 0 Å². The molecule has 4 aromatic rings. The van der Waals surface area contributed by atoms with Gasteiger partial charge < -0.3 is 14.6 Å². The topological polar surface area (TPSA) is 67.5 Å². The first-order valence-corrected chi connectivity index (χ1v) is 9.21. The van der Waals surface area contributed by atoms with Crippen LogP contribution >= 0.6 is 0 Å². The molecule has 7 heteroatoms. The lowest BCUT2D eigenvalue weighted by Gasteiger charge is -2.11. The zero-order valence-electron chi connectivity index (χ0n) is 16.1. The zero-order valence-corrected chi connectivity index (χ0v) is 16.1. The van der Waals surface area contributed by atoms with Crippen molar-refractivity contribution in [2.24, 2.45) is 0 Å². The van der Waals surface area contributed by atoms with E-state index in [9.17, 15) is 14.0 Å². The lowest BCUT2D eigenvalue weighted by atomic mass is 10.0. The lowest BCUT2D eigenvalue weighted by Crippen LogP contribution is -2.23. The molecule has 0 aliphatic rings. The van der Waals surface area contributed by atoms with Crippen LogP contribution in [-0.2, 0) is 6.54 Å². The number of nitrogens with zero attached hydrogens (tertiary/aromatic N) is 2. The number of likely N-dealkylation sites (N-methyl/N-ethyl adjacent to an activating group) is 1. The molecule has 0 fully saturated rings. The smallest absolute Gasteiger partial charge is 0.408 e. The Morgan fingerprint density at radius 3 is 2.62 bits per heavy atom. The molecule has 0 aliphatic heterocycles. The Kier molecular flexibility index (Phi) is 4.90. The van der Waals surface area contributed by atoms with Crippen LogP contribution in [0.2, 0.25) is 0 Å². The van der Waals surface area contributed by atoms with Gasteiger partial charge in [0.25, 0.3) is 5.91 Å². The number of oxazole rings is 1. The first kappa shape index (κ1) is 18.9. The van der Waals surface area contributed by atoms with Crippen LogP contribution in [0.25, 0.3) is 21.9 Å². The van der Waals surface area contributed by atoms with Gasteiger partial charge in [0.05, 0.1) is 5.52 Å². The van der Waals surface area contributed by atoms with Crippen LogP contribution in [0.3, 0.4) is 0 Å². The summed E-state index contributed by atoms with van der Waals surface area (Å²) in [6, 6.07) is 14.6. The van der Waals surface area contributed by atoms with Gasteiger partial charge in [-0.1, -0.05) is 24.3 Å². The normalized spacial score (nSPS) is 11.4. The van der Waals surface area contributed by atoms with Gasteiger partial charge in [0.15, 0.2) is 5.58 Å². The summed E-state index contributed by atoms with van der Waals surface area (Å²) >= 11 is 0. The molecular weight excluding hydrogens is 373 g/mol. The highest BCUT2D eigenvalue weighted by Crippen LogP contribution is 2.24. The second-order valence-electron chi connectivity index (χ2n) is 7.10. The molecule has 0 aliphatic carbocycles.